The summed E-state index contributed by atoms with van der Waals surface area (Å²) in [5, 5.41) is 0. The van der Waals surface area contributed by atoms with Crippen LogP contribution in [0.4, 0.5) is 0 Å². The average molecular weight is 360 g/mol. The van der Waals surface area contributed by atoms with Crippen LogP contribution in [0.1, 0.15) is 71.1 Å². The maximum Gasteiger partial charge on any atom is 1.00 e. The van der Waals surface area contributed by atoms with Crippen molar-refractivity contribution in [3.63, 3.8) is 0 Å². The topological polar surface area (TPSA) is 84.9 Å². The Bertz CT molecular complexity index is 368. The molecular weight excluding hydrogens is 331 g/mol. The van der Waals surface area contributed by atoms with Crippen LogP contribution in [0.3, 0.4) is 0 Å². The Kier molecular flexibility index (Phi) is 14.5. The summed E-state index contributed by atoms with van der Waals surface area (Å²) in [6.45, 7) is 2.40. The van der Waals surface area contributed by atoms with E-state index in [1.54, 1.807) is 0 Å². The summed E-state index contributed by atoms with van der Waals surface area (Å²) in [6.07, 6.45) is 11.0. The van der Waals surface area contributed by atoms with Crippen LogP contribution in [0.15, 0.2) is 0 Å². The van der Waals surface area contributed by atoms with Crippen molar-refractivity contribution >= 4 is 10.4 Å². The quantitative estimate of drug-likeness (QED) is 0.213. The normalized spacial score (nSPS) is 21.8. The van der Waals surface area contributed by atoms with E-state index in [0.717, 1.165) is 19.3 Å². The van der Waals surface area contributed by atoms with Crippen LogP contribution in [-0.2, 0) is 24.1 Å². The molecule has 0 atom stereocenters. The zero-order valence-electron chi connectivity index (χ0n) is 14.5. The molecule has 0 bridgehead atoms. The van der Waals surface area contributed by atoms with Crippen LogP contribution in [-0.4, -0.2) is 38.6 Å². The van der Waals surface area contributed by atoms with E-state index in [0.29, 0.717) is 0 Å². The second kappa shape index (κ2) is 14.0. The number of rotatable bonds is 12. The summed E-state index contributed by atoms with van der Waals surface area (Å²) in [5.74, 6) is 0. The molecule has 0 radical (unpaired) electrons. The first-order chi connectivity index (χ1) is 10.5. The minimum atomic E-state index is -4.69. The fourth-order valence-electron chi connectivity index (χ4n) is 2.54. The second-order valence-electron chi connectivity index (χ2n) is 5.84. The summed E-state index contributed by atoms with van der Waals surface area (Å²) in [5.41, 5.74) is 0. The van der Waals surface area contributed by atoms with Gasteiger partial charge in [0.1, 0.15) is 6.10 Å². The molecule has 1 aliphatic rings. The van der Waals surface area contributed by atoms with Crippen molar-refractivity contribution in [1.82, 2.24) is 0 Å². The van der Waals surface area contributed by atoms with Gasteiger partial charge in [-0.1, -0.05) is 58.3 Å². The Balaban J connectivity index is 0.00000484. The molecule has 1 aliphatic heterocycles. The molecule has 1 heterocycles. The molecule has 6 nitrogen and oxygen atoms in total. The predicted molar refractivity (Wildman–Crippen MR) is 82.1 cm³/mol. The first-order valence-electron chi connectivity index (χ1n) is 8.38. The smallest absolute Gasteiger partial charge is 0.726 e. The van der Waals surface area contributed by atoms with Crippen LogP contribution in [0, 0.1) is 0 Å². The Morgan fingerprint density at radius 3 is 1.91 bits per heavy atom. The van der Waals surface area contributed by atoms with E-state index in [4.69, 9.17) is 9.47 Å². The van der Waals surface area contributed by atoms with Crippen LogP contribution in [0.5, 0.6) is 0 Å². The second-order valence-corrected chi connectivity index (χ2v) is 6.85. The van der Waals surface area contributed by atoms with Crippen LogP contribution >= 0.6 is 0 Å². The number of unbranched alkanes of at least 4 members (excludes halogenated alkanes) is 8. The van der Waals surface area contributed by atoms with E-state index in [2.05, 4.69) is 11.1 Å². The van der Waals surface area contributed by atoms with Gasteiger partial charge in [-0.05, 0) is 12.8 Å². The molecule has 0 amide bonds. The SMILES string of the molecule is CCCCCCCCCCCC1OCC(OS(=O)(=O)[O-])CO1.[Na+]. The van der Waals surface area contributed by atoms with Gasteiger partial charge in [0.25, 0.3) is 0 Å². The molecule has 1 saturated heterocycles. The van der Waals surface area contributed by atoms with Crippen molar-refractivity contribution in [3.05, 3.63) is 0 Å². The minimum Gasteiger partial charge on any atom is -0.726 e. The molecule has 0 unspecified atom stereocenters. The van der Waals surface area contributed by atoms with Crippen LogP contribution in [0.2, 0.25) is 0 Å². The predicted octanol–water partition coefficient (Wildman–Crippen LogP) is 0.130. The molecule has 0 N–H and O–H groups in total. The molecular formula is C15H29NaO6S. The first kappa shape index (κ1) is 23.8. The van der Waals surface area contributed by atoms with Crippen molar-refractivity contribution in [3.8, 4) is 0 Å². The molecule has 23 heavy (non-hydrogen) atoms. The Hall–Kier alpha value is 0.790. The zero-order valence-corrected chi connectivity index (χ0v) is 17.3. The molecule has 132 valence electrons. The molecule has 0 aliphatic carbocycles. The number of hydrogen-bond donors (Lipinski definition) is 0. The third kappa shape index (κ3) is 13.7. The van der Waals surface area contributed by atoms with Gasteiger partial charge in [-0.2, -0.15) is 0 Å². The molecule has 0 aromatic rings. The van der Waals surface area contributed by atoms with E-state index in [9.17, 15) is 13.0 Å². The maximum absolute atomic E-state index is 10.4. The van der Waals surface area contributed by atoms with Crippen molar-refractivity contribution < 1.29 is 56.2 Å². The van der Waals surface area contributed by atoms with Gasteiger partial charge < -0.3 is 14.0 Å². The van der Waals surface area contributed by atoms with E-state index >= 15 is 0 Å². The van der Waals surface area contributed by atoms with Gasteiger partial charge in [-0.3, -0.25) is 4.18 Å². The third-order valence-corrected chi connectivity index (χ3v) is 4.24. The largest absolute Gasteiger partial charge is 1.00 e. The average Bonchev–Trinajstić information content (AvgIpc) is 2.46. The van der Waals surface area contributed by atoms with Gasteiger partial charge in [0, 0.05) is 0 Å². The summed E-state index contributed by atoms with van der Waals surface area (Å²) in [7, 11) is -4.69. The van der Waals surface area contributed by atoms with E-state index in [1.165, 1.54) is 44.9 Å². The van der Waals surface area contributed by atoms with Gasteiger partial charge in [0.15, 0.2) is 6.29 Å². The Morgan fingerprint density at radius 1 is 0.957 bits per heavy atom. The van der Waals surface area contributed by atoms with E-state index in [-0.39, 0.29) is 49.1 Å². The monoisotopic (exact) mass is 360 g/mol. The summed E-state index contributed by atoms with van der Waals surface area (Å²) >= 11 is 0. The van der Waals surface area contributed by atoms with Gasteiger partial charge in [-0.25, -0.2) is 8.42 Å². The Morgan fingerprint density at radius 2 is 1.43 bits per heavy atom. The van der Waals surface area contributed by atoms with E-state index < -0.39 is 16.5 Å². The molecule has 1 rings (SSSR count). The first-order valence-corrected chi connectivity index (χ1v) is 9.72. The molecule has 0 aromatic heterocycles. The van der Waals surface area contributed by atoms with Crippen molar-refractivity contribution in [2.75, 3.05) is 13.2 Å². The maximum atomic E-state index is 10.4. The zero-order chi connectivity index (χ0) is 16.3. The molecule has 0 aromatic carbocycles. The molecule has 0 spiro atoms. The minimum absolute atomic E-state index is 0. The van der Waals surface area contributed by atoms with Crippen molar-refractivity contribution in [1.29, 1.82) is 0 Å². The molecule has 8 heteroatoms. The van der Waals surface area contributed by atoms with Gasteiger partial charge in [0.2, 0.25) is 10.4 Å². The van der Waals surface area contributed by atoms with Gasteiger partial charge >= 0.3 is 29.6 Å². The van der Waals surface area contributed by atoms with Gasteiger partial charge in [-0.15, -0.1) is 0 Å². The Labute approximate surface area is 162 Å². The summed E-state index contributed by atoms with van der Waals surface area (Å²) in [6, 6.07) is 0. The molecule has 0 saturated carbocycles. The fourth-order valence-corrected chi connectivity index (χ4v) is 2.98. The van der Waals surface area contributed by atoms with Crippen LogP contribution < -0.4 is 29.6 Å². The summed E-state index contributed by atoms with van der Waals surface area (Å²) in [4.78, 5) is 0. The standard InChI is InChI=1S/C15H30O6S.Na/c1-2-3-4-5-6-7-8-9-10-11-15-19-12-14(13-20-15)21-22(16,17)18;/h14-15H,2-13H2,1H3,(H,16,17,18);/q;+1/p-1. The van der Waals surface area contributed by atoms with Gasteiger partial charge in [0.05, 0.1) is 13.2 Å². The van der Waals surface area contributed by atoms with Crippen molar-refractivity contribution in [2.45, 2.75) is 83.5 Å². The van der Waals surface area contributed by atoms with Crippen molar-refractivity contribution in [2.24, 2.45) is 0 Å². The number of hydrogen-bond acceptors (Lipinski definition) is 6. The fraction of sp³-hybridized carbons (Fsp3) is 1.00. The molecule has 1 fully saturated rings. The third-order valence-electron chi connectivity index (χ3n) is 3.73. The number of ether oxygens (including phenoxy) is 2. The summed E-state index contributed by atoms with van der Waals surface area (Å²) < 4.78 is 46.3. The van der Waals surface area contributed by atoms with Crippen LogP contribution in [0.25, 0.3) is 0 Å². The van der Waals surface area contributed by atoms with E-state index in [1.807, 2.05) is 0 Å².